The maximum absolute atomic E-state index is 13.2. The van der Waals surface area contributed by atoms with Crippen LogP contribution in [0.15, 0.2) is 12.2 Å². The lowest BCUT2D eigenvalue weighted by Gasteiger charge is -2.32. The minimum atomic E-state index is -1.66. The molecule has 46 nitrogen and oxygen atoms in total. The van der Waals surface area contributed by atoms with Crippen LogP contribution >= 0.6 is 0 Å². The molecule has 109 heavy (non-hydrogen) atoms. The fourth-order valence-electron chi connectivity index (χ4n) is 8.25. The van der Waals surface area contributed by atoms with Gasteiger partial charge < -0.3 is 139 Å². The Bertz CT molecular complexity index is 2670. The summed E-state index contributed by atoms with van der Waals surface area (Å²) < 4.78 is 76.6. The summed E-state index contributed by atoms with van der Waals surface area (Å²) in [6.45, 7) is -3.02. The van der Waals surface area contributed by atoms with E-state index in [0.29, 0.717) is 0 Å². The Morgan fingerprint density at radius 2 is 0.624 bits per heavy atom. The molecule has 0 spiro atoms. The fourth-order valence-corrected chi connectivity index (χ4v) is 8.25. The molecule has 0 aliphatic carbocycles. The van der Waals surface area contributed by atoms with Crippen molar-refractivity contribution in [3.8, 4) is 0 Å². The number of alkyl carbamates (subject to hydrolysis) is 3. The summed E-state index contributed by atoms with van der Waals surface area (Å²) in [7, 11) is 0. The minimum Gasteiger partial charge on any atom is -0.481 e. The van der Waals surface area contributed by atoms with E-state index in [0.717, 1.165) is 17.1 Å². The molecule has 3 atom stereocenters. The number of ether oxygens (including phenoxy) is 14. The van der Waals surface area contributed by atoms with Crippen molar-refractivity contribution in [1.29, 1.82) is 0 Å². The van der Waals surface area contributed by atoms with Crippen LogP contribution in [-0.2, 0) is 133 Å². The molecule has 14 N–H and O–H groups in total. The number of nitrogens with one attached hydrogen (secondary N) is 8. The molecule has 0 radical (unpaired) electrons. The zero-order chi connectivity index (χ0) is 80.9. The van der Waals surface area contributed by atoms with Gasteiger partial charge in [0.25, 0.3) is 11.8 Å². The number of rotatable bonds is 69. The third-order valence-electron chi connectivity index (χ3n) is 13.6. The Balaban J connectivity index is 2.85. The smallest absolute Gasteiger partial charge is 0.407 e. The highest BCUT2D eigenvalue weighted by atomic mass is 16.6. The Hall–Kier alpha value is -10.1. The first-order valence-corrected chi connectivity index (χ1v) is 34.1. The maximum Gasteiger partial charge on any atom is 0.407 e. The van der Waals surface area contributed by atoms with Crippen molar-refractivity contribution in [2.75, 3.05) is 198 Å². The second-order valence-electron chi connectivity index (χ2n) is 22.7. The summed E-state index contributed by atoms with van der Waals surface area (Å²) in [6.07, 6.45) is -4.00. The second-order valence-corrected chi connectivity index (χ2v) is 22.7. The second kappa shape index (κ2) is 60.9. The molecular formula is C63H99N9O37. The lowest BCUT2D eigenvalue weighted by atomic mass is 9.92. The summed E-state index contributed by atoms with van der Waals surface area (Å²) >= 11 is 0. The highest BCUT2D eigenvalue weighted by molar-refractivity contribution is 6.13. The van der Waals surface area contributed by atoms with Crippen molar-refractivity contribution < 1.29 is 178 Å². The maximum atomic E-state index is 13.2. The van der Waals surface area contributed by atoms with E-state index in [-0.39, 0.29) is 248 Å². The Morgan fingerprint density at radius 1 is 0.321 bits per heavy atom. The van der Waals surface area contributed by atoms with Gasteiger partial charge in [0.15, 0.2) is 0 Å². The van der Waals surface area contributed by atoms with Crippen LogP contribution in [0.3, 0.4) is 0 Å². The number of aliphatic carboxylic acids is 6. The molecule has 1 aliphatic rings. The van der Waals surface area contributed by atoms with E-state index >= 15 is 0 Å². The van der Waals surface area contributed by atoms with E-state index in [1.807, 2.05) is 0 Å². The Kier molecular flexibility index (Phi) is 54.1. The van der Waals surface area contributed by atoms with Crippen LogP contribution in [0.4, 0.5) is 14.4 Å². The van der Waals surface area contributed by atoms with Crippen LogP contribution in [0.25, 0.3) is 0 Å². The van der Waals surface area contributed by atoms with E-state index in [1.165, 1.54) is 0 Å². The van der Waals surface area contributed by atoms with Crippen LogP contribution in [0.2, 0.25) is 0 Å². The van der Waals surface area contributed by atoms with Gasteiger partial charge in [-0.25, -0.2) is 28.8 Å². The molecule has 0 aromatic rings. The Morgan fingerprint density at radius 3 is 0.963 bits per heavy atom. The number of imide groups is 1. The highest BCUT2D eigenvalue weighted by Crippen LogP contribution is 2.22. The number of esters is 1. The largest absolute Gasteiger partial charge is 0.481 e. The molecule has 0 aromatic heterocycles. The van der Waals surface area contributed by atoms with Crippen LogP contribution in [0.5, 0.6) is 0 Å². The SMILES string of the molecule is O=C(O)CC(NC(=O)CCOCCNC(=O)OCCOCC(COCCOC(=O)NCCOCCC(=O)NC(CC(=O)O)C(=O)O)(COCCOC(=O)NCCOCCC(=O)NC(CC(=O)O)C(=O)O)COC(=O)CCCOCCOCCOCCOCCC(=O)NCCNC(=O)CCN1C(=O)C=CC1=O)C(=O)O. The molecule has 1 aliphatic heterocycles. The highest BCUT2D eigenvalue weighted by Gasteiger charge is 2.35. The molecule has 0 saturated carbocycles. The van der Waals surface area contributed by atoms with Crippen LogP contribution in [-0.4, -0.2) is 353 Å². The van der Waals surface area contributed by atoms with Crippen LogP contribution in [0, 0.1) is 5.41 Å². The zero-order valence-corrected chi connectivity index (χ0v) is 60.0. The van der Waals surface area contributed by atoms with Gasteiger partial charge in [0, 0.05) is 96.6 Å². The van der Waals surface area contributed by atoms with E-state index in [9.17, 15) is 81.5 Å². The molecule has 46 heteroatoms. The molecule has 0 saturated heterocycles. The number of hydrogen-bond acceptors (Lipinski definition) is 31. The van der Waals surface area contributed by atoms with Crippen LogP contribution in [0.1, 0.15) is 64.2 Å². The number of carbonyl (C=O) groups excluding carboxylic acids is 11. The minimum absolute atomic E-state index is 0.0555. The first-order chi connectivity index (χ1) is 52.1. The third-order valence-corrected chi connectivity index (χ3v) is 13.6. The average Bonchev–Trinajstić information content (AvgIpc) is 1.68. The van der Waals surface area contributed by atoms with Gasteiger partial charge in [-0.15, -0.1) is 0 Å². The van der Waals surface area contributed by atoms with E-state index in [2.05, 4.69) is 42.5 Å². The topological polar surface area (TPSA) is 640 Å². The summed E-state index contributed by atoms with van der Waals surface area (Å²) in [5.41, 5.74) is -1.41. The number of carbonyl (C=O) groups is 17. The van der Waals surface area contributed by atoms with Crippen molar-refractivity contribution in [3.05, 3.63) is 12.2 Å². The zero-order valence-electron chi connectivity index (χ0n) is 60.0. The van der Waals surface area contributed by atoms with Gasteiger partial charge in [0.1, 0.15) is 44.6 Å². The predicted octanol–water partition coefficient (Wildman–Crippen LogP) is -5.12. The first-order valence-electron chi connectivity index (χ1n) is 34.1. The number of carboxylic acids is 6. The quantitative estimate of drug-likeness (QED) is 0.0117. The monoisotopic (exact) mass is 1570 g/mol. The van der Waals surface area contributed by atoms with Gasteiger partial charge >= 0.3 is 60.1 Å². The summed E-state index contributed by atoms with van der Waals surface area (Å²) in [5, 5.41) is 72.6. The molecule has 618 valence electrons. The van der Waals surface area contributed by atoms with E-state index in [1.54, 1.807) is 0 Å². The summed E-state index contributed by atoms with van der Waals surface area (Å²) in [4.78, 5) is 201. The average molecular weight is 1570 g/mol. The molecule has 10 amide bonds. The van der Waals surface area contributed by atoms with Crippen molar-refractivity contribution in [3.63, 3.8) is 0 Å². The number of nitrogens with zero attached hydrogens (tertiary/aromatic N) is 1. The van der Waals surface area contributed by atoms with Gasteiger partial charge in [-0.1, -0.05) is 0 Å². The normalized spacial score (nSPS) is 12.9. The Labute approximate surface area is 623 Å². The van der Waals surface area contributed by atoms with Gasteiger partial charge in [-0.3, -0.25) is 57.6 Å². The predicted molar refractivity (Wildman–Crippen MR) is 359 cm³/mol. The van der Waals surface area contributed by atoms with E-state index in [4.69, 9.17) is 97.0 Å². The molecule has 0 aromatic carbocycles. The summed E-state index contributed by atoms with van der Waals surface area (Å²) in [6, 6.07) is -4.97. The molecule has 1 rings (SSSR count). The van der Waals surface area contributed by atoms with Gasteiger partial charge in [0.2, 0.25) is 29.5 Å². The van der Waals surface area contributed by atoms with Crippen molar-refractivity contribution >= 4 is 101 Å². The first kappa shape index (κ1) is 96.9. The van der Waals surface area contributed by atoms with Gasteiger partial charge in [-0.2, -0.15) is 0 Å². The van der Waals surface area contributed by atoms with Gasteiger partial charge in [-0.05, 0) is 6.42 Å². The van der Waals surface area contributed by atoms with Crippen molar-refractivity contribution in [2.45, 2.75) is 82.3 Å². The fraction of sp³-hybridized carbons (Fsp3) is 0.698. The molecule has 1 heterocycles. The molecule has 3 unspecified atom stereocenters. The van der Waals surface area contributed by atoms with Crippen LogP contribution < -0.4 is 42.5 Å². The van der Waals surface area contributed by atoms with Crippen molar-refractivity contribution in [2.24, 2.45) is 5.41 Å². The number of carboxylic acid groups (broad SMARTS) is 6. The number of hydrogen-bond donors (Lipinski definition) is 14. The third kappa shape index (κ3) is 54.2. The molecule has 0 fully saturated rings. The van der Waals surface area contributed by atoms with Gasteiger partial charge in [0.05, 0.1) is 150 Å². The lowest BCUT2D eigenvalue weighted by molar-refractivity contribution is -0.157. The molecule has 0 bridgehead atoms. The lowest BCUT2D eigenvalue weighted by Crippen LogP contribution is -2.43. The number of amides is 10. The standard InChI is InChI=1S/C63H99N9O37/c73-46(5-15-72-51(78)3-4-52(72)79)64-10-11-65-47(74)6-17-100-25-27-102-29-28-101-26-24-96-16-1-2-56(86)109-42-63(39-103-30-33-106-60(93)66-12-21-97-18-7-48(75)69-43(57(87)88)36-53(80)81,40-104-31-34-107-61(94)67-13-22-98-19-8-49(76)70-44(58(89)90)37-54(82)83)41-105-32-35-108-62(95)68-14-23-99-20-9-50(77)71-45(59(91)92)38-55(84)85/h3-4,43-45H,1-2,5-42H2,(H,64,73)(H,65,74)(H,66,93)(H,67,94)(H,68,95)(H,69,75)(H,70,76)(H,71,77)(H,80,81)(H,82,83)(H,84,85)(H,87,88)(H,89,90)(H,91,92). The summed E-state index contributed by atoms with van der Waals surface area (Å²) in [5.74, 6) is -13.7. The molecular weight excluding hydrogens is 1470 g/mol. The van der Waals surface area contributed by atoms with Crippen molar-refractivity contribution in [1.82, 2.24) is 47.4 Å². The van der Waals surface area contributed by atoms with E-state index < -0.39 is 139 Å².